The summed E-state index contributed by atoms with van der Waals surface area (Å²) >= 11 is 0. The summed E-state index contributed by atoms with van der Waals surface area (Å²) in [4.78, 5) is 41.3. The van der Waals surface area contributed by atoms with E-state index in [1.165, 1.54) is 0 Å². The molecule has 1 aromatic rings. The van der Waals surface area contributed by atoms with Crippen LogP contribution in [0.2, 0.25) is 0 Å². The van der Waals surface area contributed by atoms with E-state index in [-0.39, 0.29) is 35.6 Å². The highest BCUT2D eigenvalue weighted by atomic mass is 16.2. The summed E-state index contributed by atoms with van der Waals surface area (Å²) in [6, 6.07) is 7.41. The van der Waals surface area contributed by atoms with E-state index >= 15 is 0 Å². The van der Waals surface area contributed by atoms with Crippen LogP contribution in [0, 0.1) is 16.7 Å². The molecule has 2 bridgehead atoms. The zero-order valence-corrected chi connectivity index (χ0v) is 16.1. The molecule has 2 aliphatic rings. The number of imide groups is 1. The van der Waals surface area contributed by atoms with Gasteiger partial charge in [0, 0.05) is 31.4 Å². The third-order valence-corrected chi connectivity index (χ3v) is 6.48. The van der Waals surface area contributed by atoms with Crippen molar-refractivity contribution in [2.24, 2.45) is 16.7 Å². The topological polar surface area (TPSA) is 69.7 Å². The molecule has 140 valence electrons. The first-order valence-electron chi connectivity index (χ1n) is 9.01. The Labute approximate surface area is 154 Å². The quantitative estimate of drug-likeness (QED) is 0.841. The van der Waals surface area contributed by atoms with Gasteiger partial charge in [-0.3, -0.25) is 19.3 Å². The molecule has 3 amide bonds. The molecule has 1 heterocycles. The lowest BCUT2D eigenvalue weighted by molar-refractivity contribution is -0.168. The Morgan fingerprint density at radius 1 is 1.19 bits per heavy atom. The van der Waals surface area contributed by atoms with Gasteiger partial charge in [0.1, 0.15) is 6.54 Å². The van der Waals surface area contributed by atoms with Gasteiger partial charge in [0.05, 0.1) is 5.41 Å². The molecule has 26 heavy (non-hydrogen) atoms. The number of rotatable bonds is 4. The molecular formula is C20H27N3O3. The van der Waals surface area contributed by atoms with Crippen molar-refractivity contribution < 1.29 is 14.4 Å². The molecule has 1 aromatic carbocycles. The molecule has 0 aromatic heterocycles. The van der Waals surface area contributed by atoms with Crippen molar-refractivity contribution in [2.45, 2.75) is 33.6 Å². The van der Waals surface area contributed by atoms with Gasteiger partial charge < -0.3 is 10.2 Å². The highest BCUT2D eigenvalue weighted by molar-refractivity contribution is 6.07. The molecule has 2 atom stereocenters. The van der Waals surface area contributed by atoms with Gasteiger partial charge in [-0.25, -0.2) is 0 Å². The van der Waals surface area contributed by atoms with E-state index in [4.69, 9.17) is 0 Å². The number of fused-ring (bicyclic) bond motifs is 2. The molecular weight excluding hydrogens is 330 g/mol. The fourth-order valence-corrected chi connectivity index (χ4v) is 4.24. The normalized spacial score (nSPS) is 26.8. The molecule has 1 N–H and O–H groups in total. The van der Waals surface area contributed by atoms with Gasteiger partial charge >= 0.3 is 0 Å². The summed E-state index contributed by atoms with van der Waals surface area (Å²) in [5.74, 6) is -0.989. The number of hydrogen-bond acceptors (Lipinski definition) is 4. The second-order valence-corrected chi connectivity index (χ2v) is 8.36. The van der Waals surface area contributed by atoms with E-state index in [2.05, 4.69) is 5.32 Å². The minimum atomic E-state index is -0.584. The highest BCUT2D eigenvalue weighted by Gasteiger charge is 2.64. The number of nitrogens with one attached hydrogen (secondary N) is 1. The van der Waals surface area contributed by atoms with Crippen LogP contribution in [0.25, 0.3) is 0 Å². The Morgan fingerprint density at radius 2 is 1.81 bits per heavy atom. The van der Waals surface area contributed by atoms with Crippen LogP contribution in [0.5, 0.6) is 0 Å². The summed E-state index contributed by atoms with van der Waals surface area (Å²) < 4.78 is 0. The van der Waals surface area contributed by atoms with Gasteiger partial charge in [-0.2, -0.15) is 0 Å². The lowest BCUT2D eigenvalue weighted by Gasteiger charge is -2.47. The zero-order valence-electron chi connectivity index (χ0n) is 16.1. The Morgan fingerprint density at radius 3 is 2.38 bits per heavy atom. The van der Waals surface area contributed by atoms with E-state index in [0.717, 1.165) is 10.6 Å². The largest absolute Gasteiger partial charge is 0.378 e. The van der Waals surface area contributed by atoms with E-state index in [9.17, 15) is 14.4 Å². The van der Waals surface area contributed by atoms with E-state index in [1.54, 1.807) is 12.1 Å². The average Bonchev–Trinajstić information content (AvgIpc) is 2.76. The van der Waals surface area contributed by atoms with Crippen LogP contribution in [-0.4, -0.2) is 43.3 Å². The van der Waals surface area contributed by atoms with Crippen molar-refractivity contribution in [3.63, 3.8) is 0 Å². The van der Waals surface area contributed by atoms with Crippen LogP contribution in [0.1, 0.15) is 33.6 Å². The molecule has 1 saturated heterocycles. The maximum absolute atomic E-state index is 13.0. The van der Waals surface area contributed by atoms with Crippen LogP contribution in [-0.2, 0) is 14.4 Å². The molecule has 1 aliphatic heterocycles. The standard InChI is InChI=1S/C20H27N3O3/c1-19(2)15-10-11-20(19,3)18(26)23(17(15)25)12-16(24)21-13-6-8-14(9-7-13)22(4)5/h6-9,15H,10-12H2,1-5H3,(H,21,24). The number of nitrogens with zero attached hydrogens (tertiary/aromatic N) is 2. The van der Waals surface area contributed by atoms with Crippen LogP contribution in [0.15, 0.2) is 24.3 Å². The molecule has 1 saturated carbocycles. The van der Waals surface area contributed by atoms with Crippen LogP contribution >= 0.6 is 0 Å². The monoisotopic (exact) mass is 357 g/mol. The first-order chi connectivity index (χ1) is 12.1. The summed E-state index contributed by atoms with van der Waals surface area (Å²) in [7, 11) is 3.88. The minimum Gasteiger partial charge on any atom is -0.378 e. The number of hydrogen-bond donors (Lipinski definition) is 1. The van der Waals surface area contributed by atoms with Crippen molar-refractivity contribution in [1.29, 1.82) is 0 Å². The Hall–Kier alpha value is -2.37. The summed E-state index contributed by atoms with van der Waals surface area (Å²) in [5, 5.41) is 2.78. The average molecular weight is 357 g/mol. The van der Waals surface area contributed by atoms with E-state index in [0.29, 0.717) is 18.5 Å². The third-order valence-electron chi connectivity index (χ3n) is 6.48. The summed E-state index contributed by atoms with van der Waals surface area (Å²) in [5.41, 5.74) is 0.721. The van der Waals surface area contributed by atoms with Gasteiger partial charge in [0.2, 0.25) is 17.7 Å². The van der Waals surface area contributed by atoms with Crippen molar-refractivity contribution in [1.82, 2.24) is 4.90 Å². The van der Waals surface area contributed by atoms with Gasteiger partial charge in [0.15, 0.2) is 0 Å². The van der Waals surface area contributed by atoms with Crippen molar-refractivity contribution >= 4 is 29.1 Å². The first kappa shape index (κ1) is 18.4. The van der Waals surface area contributed by atoms with Crippen LogP contribution < -0.4 is 10.2 Å². The van der Waals surface area contributed by atoms with E-state index in [1.807, 2.05) is 51.9 Å². The highest BCUT2D eigenvalue weighted by Crippen LogP contribution is 2.59. The third kappa shape index (κ3) is 2.68. The Kier molecular flexibility index (Phi) is 4.33. The lowest BCUT2D eigenvalue weighted by atomic mass is 9.62. The molecule has 6 nitrogen and oxygen atoms in total. The van der Waals surface area contributed by atoms with Gasteiger partial charge in [0.25, 0.3) is 0 Å². The number of carbonyl (C=O) groups is 3. The number of benzene rings is 1. The zero-order chi connectivity index (χ0) is 19.3. The van der Waals surface area contributed by atoms with E-state index < -0.39 is 5.41 Å². The predicted molar refractivity (Wildman–Crippen MR) is 101 cm³/mol. The smallest absolute Gasteiger partial charge is 0.244 e. The lowest BCUT2D eigenvalue weighted by Crippen LogP contribution is -2.60. The number of piperidine rings is 1. The van der Waals surface area contributed by atoms with Crippen molar-refractivity contribution in [2.75, 3.05) is 30.9 Å². The predicted octanol–water partition coefficient (Wildman–Crippen LogP) is 2.50. The summed E-state index contributed by atoms with van der Waals surface area (Å²) in [6.45, 7) is 5.68. The second-order valence-electron chi connectivity index (χ2n) is 8.36. The number of anilines is 2. The van der Waals surface area contributed by atoms with Crippen LogP contribution in [0.4, 0.5) is 11.4 Å². The molecule has 1 aliphatic carbocycles. The second kappa shape index (κ2) is 6.11. The number of likely N-dealkylation sites (tertiary alicyclic amines) is 1. The van der Waals surface area contributed by atoms with Gasteiger partial charge in [-0.1, -0.05) is 20.8 Å². The molecule has 3 rings (SSSR count). The fraction of sp³-hybridized carbons (Fsp3) is 0.550. The Bertz CT molecular complexity index is 754. The molecule has 0 radical (unpaired) electrons. The number of amides is 3. The Balaban J connectivity index is 1.72. The molecule has 0 spiro atoms. The first-order valence-corrected chi connectivity index (χ1v) is 9.01. The van der Waals surface area contributed by atoms with Gasteiger partial charge in [-0.15, -0.1) is 0 Å². The number of carbonyl (C=O) groups excluding carboxylic acids is 3. The molecule has 2 unspecified atom stereocenters. The molecule has 2 fully saturated rings. The molecule has 6 heteroatoms. The van der Waals surface area contributed by atoms with Gasteiger partial charge in [-0.05, 0) is 42.5 Å². The van der Waals surface area contributed by atoms with Crippen molar-refractivity contribution in [3.8, 4) is 0 Å². The maximum atomic E-state index is 13.0. The van der Waals surface area contributed by atoms with Crippen molar-refractivity contribution in [3.05, 3.63) is 24.3 Å². The SMILES string of the molecule is CN(C)c1ccc(NC(=O)CN2C(=O)C3CCC(C)(C2=O)C3(C)C)cc1. The maximum Gasteiger partial charge on any atom is 0.244 e. The fourth-order valence-electron chi connectivity index (χ4n) is 4.24. The summed E-state index contributed by atoms with van der Waals surface area (Å²) in [6.07, 6.45) is 1.40. The minimum absolute atomic E-state index is 0.197. The van der Waals surface area contributed by atoms with Crippen LogP contribution in [0.3, 0.4) is 0 Å².